The topological polar surface area (TPSA) is 113 Å². The van der Waals surface area contributed by atoms with Crippen LogP contribution < -0.4 is 0 Å². The number of rotatable bonds is 6. The van der Waals surface area contributed by atoms with E-state index in [1.807, 2.05) is 0 Å². The molecule has 0 saturated heterocycles. The minimum Gasteiger partial charge on any atom is -0.457 e. The average Bonchev–Trinajstić information content (AvgIpc) is 2.43. The molecule has 9 heteroatoms. The third kappa shape index (κ3) is 6.47. The highest BCUT2D eigenvalue weighted by molar-refractivity contribution is 7.86. The number of hydrogen-bond acceptors (Lipinski definition) is 7. The van der Waals surface area contributed by atoms with E-state index in [-0.39, 0.29) is 17.2 Å². The lowest BCUT2D eigenvalue weighted by atomic mass is 10.2. The van der Waals surface area contributed by atoms with Crippen molar-refractivity contribution >= 4 is 21.8 Å². The van der Waals surface area contributed by atoms with E-state index in [9.17, 15) is 23.3 Å². The van der Waals surface area contributed by atoms with Gasteiger partial charge in [-0.05, 0) is 45.4 Å². The first-order valence-electron chi connectivity index (χ1n) is 6.95. The fourth-order valence-corrected chi connectivity index (χ4v) is 2.49. The monoisotopic (exact) mass is 357 g/mol. The van der Waals surface area contributed by atoms with Crippen LogP contribution in [0.4, 0.5) is 5.69 Å². The molecule has 0 unspecified atom stereocenters. The molecule has 0 heterocycles. The van der Waals surface area contributed by atoms with E-state index in [1.54, 1.807) is 20.8 Å². The van der Waals surface area contributed by atoms with Crippen molar-refractivity contribution in [2.75, 3.05) is 6.61 Å². The molecule has 0 aliphatic heterocycles. The van der Waals surface area contributed by atoms with Crippen LogP contribution in [0.25, 0.3) is 0 Å². The molecule has 0 radical (unpaired) electrons. The molecule has 0 saturated carbocycles. The number of hydrogen-bond donors (Lipinski definition) is 0. The maximum Gasteiger partial charge on any atom is 0.331 e. The van der Waals surface area contributed by atoms with E-state index in [4.69, 9.17) is 8.92 Å². The number of nitro groups is 1. The maximum atomic E-state index is 12.0. The van der Waals surface area contributed by atoms with Crippen LogP contribution in [0.3, 0.4) is 0 Å². The Morgan fingerprint density at radius 2 is 1.79 bits per heavy atom. The summed E-state index contributed by atoms with van der Waals surface area (Å²) >= 11 is 0. The second-order valence-corrected chi connectivity index (χ2v) is 7.61. The van der Waals surface area contributed by atoms with Crippen LogP contribution in [-0.2, 0) is 23.8 Å². The fraction of sp³-hybridized carbons (Fsp3) is 0.400. The van der Waals surface area contributed by atoms with Gasteiger partial charge in [-0.2, -0.15) is 8.42 Å². The Morgan fingerprint density at radius 3 is 2.25 bits per heavy atom. The van der Waals surface area contributed by atoms with Crippen molar-refractivity contribution in [3.05, 3.63) is 46.0 Å². The van der Waals surface area contributed by atoms with Gasteiger partial charge in [-0.1, -0.05) is 0 Å². The molecule has 0 aliphatic rings. The molecule has 0 atom stereocenters. The molecular formula is C15H19NO7S. The minimum absolute atomic E-state index is 0.210. The summed E-state index contributed by atoms with van der Waals surface area (Å²) in [6.45, 7) is 6.32. The molecule has 0 bridgehead atoms. The Morgan fingerprint density at radius 1 is 1.25 bits per heavy atom. The second kappa shape index (κ2) is 7.54. The zero-order valence-corrected chi connectivity index (χ0v) is 14.6. The van der Waals surface area contributed by atoms with Crippen LogP contribution in [0.2, 0.25) is 0 Å². The van der Waals surface area contributed by atoms with Crippen molar-refractivity contribution in [2.24, 2.45) is 0 Å². The SMILES string of the molecule is C/C(=C\C(=O)OC(C)(C)C)COS(=O)(=O)c1ccc([N+](=O)[O-])cc1. The molecule has 0 fully saturated rings. The van der Waals surface area contributed by atoms with Gasteiger partial charge in [0.15, 0.2) is 0 Å². The highest BCUT2D eigenvalue weighted by atomic mass is 32.2. The number of nitrogens with zero attached hydrogens (tertiary/aromatic N) is 1. The molecule has 8 nitrogen and oxygen atoms in total. The molecule has 132 valence electrons. The van der Waals surface area contributed by atoms with Crippen molar-refractivity contribution in [1.29, 1.82) is 0 Å². The van der Waals surface area contributed by atoms with Crippen LogP contribution in [-0.4, -0.2) is 31.5 Å². The van der Waals surface area contributed by atoms with E-state index in [2.05, 4.69) is 0 Å². The Hall–Kier alpha value is -2.26. The van der Waals surface area contributed by atoms with Gasteiger partial charge in [-0.3, -0.25) is 14.3 Å². The van der Waals surface area contributed by atoms with Gasteiger partial charge in [-0.15, -0.1) is 0 Å². The number of carbonyl (C=O) groups is 1. The predicted octanol–water partition coefficient (Wildman–Crippen LogP) is 2.59. The summed E-state index contributed by atoms with van der Waals surface area (Å²) in [5, 5.41) is 10.6. The van der Waals surface area contributed by atoms with Crippen molar-refractivity contribution in [3.8, 4) is 0 Å². The number of benzene rings is 1. The van der Waals surface area contributed by atoms with Gasteiger partial charge in [0.25, 0.3) is 15.8 Å². The lowest BCUT2D eigenvalue weighted by molar-refractivity contribution is -0.384. The zero-order chi connectivity index (χ0) is 18.5. The second-order valence-electron chi connectivity index (χ2n) is 5.99. The summed E-state index contributed by atoms with van der Waals surface area (Å²) < 4.78 is 33.9. The first-order valence-corrected chi connectivity index (χ1v) is 8.35. The van der Waals surface area contributed by atoms with Gasteiger partial charge >= 0.3 is 5.97 Å². The van der Waals surface area contributed by atoms with Crippen molar-refractivity contribution in [2.45, 2.75) is 38.2 Å². The first-order chi connectivity index (χ1) is 10.9. The van der Waals surface area contributed by atoms with Gasteiger partial charge < -0.3 is 4.74 Å². The molecule has 0 aliphatic carbocycles. The molecule has 1 aromatic rings. The van der Waals surface area contributed by atoms with Gasteiger partial charge in [-0.25, -0.2) is 4.79 Å². The normalized spacial score (nSPS) is 12.8. The molecule has 1 rings (SSSR count). The van der Waals surface area contributed by atoms with Gasteiger partial charge in [0.2, 0.25) is 0 Å². The number of esters is 1. The van der Waals surface area contributed by atoms with E-state index >= 15 is 0 Å². The van der Waals surface area contributed by atoms with E-state index in [0.717, 1.165) is 30.3 Å². The summed E-state index contributed by atoms with van der Waals surface area (Å²) in [6.07, 6.45) is 1.15. The molecule has 0 N–H and O–H groups in total. The number of non-ortho nitro benzene ring substituents is 1. The van der Waals surface area contributed by atoms with E-state index < -0.39 is 26.6 Å². The van der Waals surface area contributed by atoms with Crippen LogP contribution in [0, 0.1) is 10.1 Å². The lowest BCUT2D eigenvalue weighted by Gasteiger charge is -2.18. The summed E-state index contributed by atoms with van der Waals surface area (Å²) in [5.74, 6) is -0.601. The highest BCUT2D eigenvalue weighted by Gasteiger charge is 2.18. The maximum absolute atomic E-state index is 12.0. The van der Waals surface area contributed by atoms with E-state index in [0.29, 0.717) is 5.57 Å². The van der Waals surface area contributed by atoms with Crippen LogP contribution in [0.5, 0.6) is 0 Å². The van der Waals surface area contributed by atoms with Gasteiger partial charge in [0.05, 0.1) is 16.4 Å². The zero-order valence-electron chi connectivity index (χ0n) is 13.8. The van der Waals surface area contributed by atoms with Crippen LogP contribution in [0.1, 0.15) is 27.7 Å². The first kappa shape index (κ1) is 19.8. The third-order valence-electron chi connectivity index (χ3n) is 2.55. The van der Waals surface area contributed by atoms with Crippen molar-refractivity contribution in [1.82, 2.24) is 0 Å². The quantitative estimate of drug-likeness (QED) is 0.253. The van der Waals surface area contributed by atoms with Crippen LogP contribution in [0.15, 0.2) is 40.8 Å². The minimum atomic E-state index is -4.08. The Bertz CT molecular complexity index is 743. The largest absolute Gasteiger partial charge is 0.457 e. The summed E-state index contributed by atoms with van der Waals surface area (Å²) in [5.41, 5.74) is -0.524. The Labute approximate surface area is 140 Å². The van der Waals surface area contributed by atoms with Gasteiger partial charge in [0.1, 0.15) is 5.60 Å². The average molecular weight is 357 g/mol. The summed E-state index contributed by atoms with van der Waals surface area (Å²) in [7, 11) is -4.08. The Balaban J connectivity index is 2.74. The number of ether oxygens (including phenoxy) is 1. The molecule has 1 aromatic carbocycles. The standard InChI is InChI=1S/C15H19NO7S/c1-11(9-14(17)23-15(2,3)4)10-22-24(20,21)13-7-5-12(6-8-13)16(18)19/h5-9H,10H2,1-4H3/b11-9+. The molecular weight excluding hydrogens is 338 g/mol. The Kier molecular flexibility index (Phi) is 6.22. The lowest BCUT2D eigenvalue weighted by Crippen LogP contribution is -2.23. The molecule has 0 spiro atoms. The third-order valence-corrected chi connectivity index (χ3v) is 3.83. The summed E-state index contributed by atoms with van der Waals surface area (Å²) in [4.78, 5) is 21.3. The molecule has 0 aromatic heterocycles. The van der Waals surface area contributed by atoms with Crippen molar-refractivity contribution < 1.29 is 27.1 Å². The summed E-state index contributed by atoms with van der Waals surface area (Å²) in [6, 6.07) is 4.31. The predicted molar refractivity (Wildman–Crippen MR) is 85.8 cm³/mol. The van der Waals surface area contributed by atoms with Gasteiger partial charge in [0, 0.05) is 18.2 Å². The highest BCUT2D eigenvalue weighted by Crippen LogP contribution is 2.18. The fourth-order valence-electron chi connectivity index (χ4n) is 1.55. The molecule has 0 amide bonds. The van der Waals surface area contributed by atoms with E-state index in [1.165, 1.54) is 6.92 Å². The number of nitro benzene ring substituents is 1. The van der Waals surface area contributed by atoms with Crippen molar-refractivity contribution in [3.63, 3.8) is 0 Å². The molecule has 24 heavy (non-hydrogen) atoms. The van der Waals surface area contributed by atoms with Crippen LogP contribution >= 0.6 is 0 Å². The number of carbonyl (C=O) groups excluding carboxylic acids is 1. The smallest absolute Gasteiger partial charge is 0.331 e.